The quantitative estimate of drug-likeness (QED) is 0.590. The Morgan fingerprint density at radius 2 is 1.73 bits per heavy atom. The molecular formula is C19H13BrN2. The maximum Gasteiger partial charge on any atom is 0.0998 e. The first-order valence-corrected chi connectivity index (χ1v) is 7.67. The number of nitriles is 1. The van der Waals surface area contributed by atoms with Crippen LogP contribution < -0.4 is 0 Å². The van der Waals surface area contributed by atoms with Crippen LogP contribution in [0, 0.1) is 11.3 Å². The highest BCUT2D eigenvalue weighted by Crippen LogP contribution is 2.21. The maximum atomic E-state index is 9.40. The Morgan fingerprint density at radius 3 is 2.41 bits per heavy atom. The first kappa shape index (κ1) is 14.4. The van der Waals surface area contributed by atoms with E-state index in [1.165, 1.54) is 0 Å². The summed E-state index contributed by atoms with van der Waals surface area (Å²) in [6, 6.07) is 22.1. The molecule has 1 aromatic heterocycles. The zero-order valence-electron chi connectivity index (χ0n) is 11.8. The summed E-state index contributed by atoms with van der Waals surface area (Å²) in [5.41, 5.74) is 3.67. The molecule has 1 heterocycles. The second-order valence-corrected chi connectivity index (χ2v) is 5.78. The molecule has 22 heavy (non-hydrogen) atoms. The Bertz CT molecular complexity index is 837. The fourth-order valence-electron chi connectivity index (χ4n) is 2.24. The maximum absolute atomic E-state index is 9.40. The van der Waals surface area contributed by atoms with Crippen LogP contribution in [0.1, 0.15) is 11.1 Å². The summed E-state index contributed by atoms with van der Waals surface area (Å²) in [7, 11) is 0. The molecule has 2 aromatic carbocycles. The van der Waals surface area contributed by atoms with E-state index in [0.717, 1.165) is 21.3 Å². The van der Waals surface area contributed by atoms with Gasteiger partial charge in [-0.25, -0.2) is 0 Å². The minimum Gasteiger partial charge on any atom is -0.323 e. The summed E-state index contributed by atoms with van der Waals surface area (Å²) in [5, 5.41) is 9.40. The van der Waals surface area contributed by atoms with Crippen molar-refractivity contribution in [2.45, 2.75) is 0 Å². The largest absolute Gasteiger partial charge is 0.323 e. The minimum atomic E-state index is 0.651. The first-order valence-electron chi connectivity index (χ1n) is 6.87. The monoisotopic (exact) mass is 348 g/mol. The predicted molar refractivity (Wildman–Crippen MR) is 93.4 cm³/mol. The fraction of sp³-hybridized carbons (Fsp3) is 0. The lowest BCUT2D eigenvalue weighted by atomic mass is 10.1. The third-order valence-electron chi connectivity index (χ3n) is 3.36. The molecule has 0 spiro atoms. The van der Waals surface area contributed by atoms with Crippen molar-refractivity contribution >= 4 is 27.6 Å². The molecule has 3 heteroatoms. The highest BCUT2D eigenvalue weighted by atomic mass is 79.9. The average Bonchev–Trinajstić information content (AvgIpc) is 3.03. The lowest BCUT2D eigenvalue weighted by Gasteiger charge is -2.01. The number of allylic oxidation sites excluding steroid dienone is 1. The van der Waals surface area contributed by atoms with Crippen LogP contribution in [0.25, 0.3) is 17.3 Å². The molecule has 0 aliphatic carbocycles. The molecule has 0 unspecified atom stereocenters. The van der Waals surface area contributed by atoms with E-state index in [-0.39, 0.29) is 0 Å². The number of nitrogens with zero attached hydrogens (tertiary/aromatic N) is 2. The smallest absolute Gasteiger partial charge is 0.0998 e. The second-order valence-electron chi connectivity index (χ2n) is 4.86. The van der Waals surface area contributed by atoms with Crippen molar-refractivity contribution < 1.29 is 0 Å². The molecule has 0 fully saturated rings. The van der Waals surface area contributed by atoms with Crippen LogP contribution in [0.5, 0.6) is 0 Å². The molecule has 2 nitrogen and oxygen atoms in total. The van der Waals surface area contributed by atoms with Crippen LogP contribution in [0.15, 0.2) is 77.5 Å². The van der Waals surface area contributed by atoms with Crippen LogP contribution >= 0.6 is 15.9 Å². The summed E-state index contributed by atoms with van der Waals surface area (Å²) in [4.78, 5) is 0. The van der Waals surface area contributed by atoms with Gasteiger partial charge in [-0.2, -0.15) is 5.26 Å². The topological polar surface area (TPSA) is 28.7 Å². The van der Waals surface area contributed by atoms with Crippen molar-refractivity contribution in [1.29, 1.82) is 5.26 Å². The number of benzene rings is 2. The van der Waals surface area contributed by atoms with E-state index in [1.54, 1.807) is 0 Å². The minimum absolute atomic E-state index is 0.651. The highest BCUT2D eigenvalue weighted by Gasteiger charge is 2.03. The number of para-hydroxylation sites is 1. The Labute approximate surface area is 138 Å². The lowest BCUT2D eigenvalue weighted by Crippen LogP contribution is -1.87. The SMILES string of the molecule is N#C/C(=C\c1ccn(-c2ccccc2)c1)c1ccc(Br)cc1. The molecule has 3 aromatic rings. The van der Waals surface area contributed by atoms with Gasteiger partial charge in [-0.05, 0) is 47.5 Å². The fourth-order valence-corrected chi connectivity index (χ4v) is 2.50. The summed E-state index contributed by atoms with van der Waals surface area (Å²) in [5.74, 6) is 0. The van der Waals surface area contributed by atoms with Gasteiger partial charge in [0, 0.05) is 22.6 Å². The van der Waals surface area contributed by atoms with Crippen LogP contribution in [0.2, 0.25) is 0 Å². The standard InChI is InChI=1S/C19H13BrN2/c20-18-8-6-16(7-9-18)17(13-21)12-15-10-11-22(14-15)19-4-2-1-3-5-19/h1-12,14H/b17-12+. The first-order chi connectivity index (χ1) is 10.8. The van der Waals surface area contributed by atoms with Gasteiger partial charge in [0.1, 0.15) is 0 Å². The van der Waals surface area contributed by atoms with Crippen LogP contribution in [0.3, 0.4) is 0 Å². The summed E-state index contributed by atoms with van der Waals surface area (Å²) in [6.45, 7) is 0. The summed E-state index contributed by atoms with van der Waals surface area (Å²) >= 11 is 3.41. The Balaban J connectivity index is 1.92. The Morgan fingerprint density at radius 1 is 1.00 bits per heavy atom. The van der Waals surface area contributed by atoms with Gasteiger partial charge in [-0.15, -0.1) is 0 Å². The average molecular weight is 349 g/mol. The lowest BCUT2D eigenvalue weighted by molar-refractivity contribution is 1.08. The second kappa shape index (κ2) is 6.46. The molecule has 0 atom stereocenters. The molecule has 0 radical (unpaired) electrons. The van der Waals surface area contributed by atoms with E-state index in [0.29, 0.717) is 5.57 Å². The van der Waals surface area contributed by atoms with E-state index in [9.17, 15) is 5.26 Å². The van der Waals surface area contributed by atoms with Crippen molar-refractivity contribution in [2.75, 3.05) is 0 Å². The third kappa shape index (κ3) is 3.19. The number of rotatable bonds is 3. The molecule has 0 aliphatic heterocycles. The molecule has 0 bridgehead atoms. The van der Waals surface area contributed by atoms with Crippen LogP contribution in [-0.4, -0.2) is 4.57 Å². The van der Waals surface area contributed by atoms with E-state index in [4.69, 9.17) is 0 Å². The molecule has 0 N–H and O–H groups in total. The number of halogens is 1. The van der Waals surface area contributed by atoms with Gasteiger partial charge in [-0.1, -0.05) is 46.3 Å². The van der Waals surface area contributed by atoms with E-state index < -0.39 is 0 Å². The van der Waals surface area contributed by atoms with Gasteiger partial charge < -0.3 is 4.57 Å². The zero-order valence-corrected chi connectivity index (χ0v) is 13.4. The zero-order chi connectivity index (χ0) is 15.4. The number of hydrogen-bond acceptors (Lipinski definition) is 1. The van der Waals surface area contributed by atoms with Crippen LogP contribution in [0.4, 0.5) is 0 Å². The molecule has 0 saturated carbocycles. The van der Waals surface area contributed by atoms with E-state index >= 15 is 0 Å². The van der Waals surface area contributed by atoms with Crippen molar-refractivity contribution in [2.24, 2.45) is 0 Å². The van der Waals surface area contributed by atoms with Crippen molar-refractivity contribution in [1.82, 2.24) is 4.57 Å². The van der Waals surface area contributed by atoms with Gasteiger partial charge in [0.25, 0.3) is 0 Å². The predicted octanol–water partition coefficient (Wildman–Crippen LogP) is 5.30. The Hall–Kier alpha value is -2.57. The summed E-state index contributed by atoms with van der Waals surface area (Å²) < 4.78 is 3.05. The normalized spacial score (nSPS) is 11.2. The van der Waals surface area contributed by atoms with Gasteiger partial charge in [0.05, 0.1) is 11.6 Å². The molecule has 3 rings (SSSR count). The molecule has 0 aliphatic rings. The summed E-state index contributed by atoms with van der Waals surface area (Å²) in [6.07, 6.45) is 5.92. The van der Waals surface area contributed by atoms with Gasteiger partial charge in [-0.3, -0.25) is 0 Å². The van der Waals surface area contributed by atoms with E-state index in [2.05, 4.69) is 22.0 Å². The van der Waals surface area contributed by atoms with Crippen molar-refractivity contribution in [3.8, 4) is 11.8 Å². The molecule has 0 saturated heterocycles. The van der Waals surface area contributed by atoms with Crippen LogP contribution in [-0.2, 0) is 0 Å². The highest BCUT2D eigenvalue weighted by molar-refractivity contribution is 9.10. The van der Waals surface area contributed by atoms with Crippen molar-refractivity contribution in [3.05, 3.63) is 88.7 Å². The van der Waals surface area contributed by atoms with Gasteiger partial charge >= 0.3 is 0 Å². The van der Waals surface area contributed by atoms with Gasteiger partial charge in [0.2, 0.25) is 0 Å². The Kier molecular flexibility index (Phi) is 4.22. The third-order valence-corrected chi connectivity index (χ3v) is 3.89. The molecule has 106 valence electrons. The number of aromatic nitrogens is 1. The molecular weight excluding hydrogens is 336 g/mol. The van der Waals surface area contributed by atoms with Gasteiger partial charge in [0.15, 0.2) is 0 Å². The molecule has 0 amide bonds. The van der Waals surface area contributed by atoms with E-state index in [1.807, 2.05) is 83.7 Å². The van der Waals surface area contributed by atoms with Crippen molar-refractivity contribution in [3.63, 3.8) is 0 Å². The number of hydrogen-bond donors (Lipinski definition) is 0.